The van der Waals surface area contributed by atoms with Crippen molar-refractivity contribution in [3.8, 4) is 0 Å². The van der Waals surface area contributed by atoms with Gasteiger partial charge in [0.05, 0.1) is 13.2 Å². The van der Waals surface area contributed by atoms with E-state index >= 15 is 0 Å². The van der Waals surface area contributed by atoms with Gasteiger partial charge in [-0.15, -0.1) is 0 Å². The smallest absolute Gasteiger partial charge is 0.462 e. The lowest BCUT2D eigenvalue weighted by atomic mass is 10.0. The van der Waals surface area contributed by atoms with Crippen LogP contribution in [0.3, 0.4) is 0 Å². The number of nitrogens with two attached hydrogens (primary N) is 1. The van der Waals surface area contributed by atoms with E-state index in [1.807, 2.05) is 0 Å². The second-order valence-corrected chi connectivity index (χ2v) is 24.5. The topological polar surface area (TPSA) is 134 Å². The van der Waals surface area contributed by atoms with Gasteiger partial charge in [-0.05, 0) is 64.2 Å². The minimum atomic E-state index is -4.39. The standard InChI is InChI=1S/C67H130NO8P/c1-3-5-7-9-11-13-15-17-19-21-22-23-24-25-26-27-28-29-30-31-32-33-34-35-36-37-38-39-40-41-42-44-46-48-50-52-54-56-58-60-67(70)76-65(64-75-77(71,72)74-62-61-68)63-73-66(69)59-57-55-53-51-49-47-45-43-20-18-16-14-12-10-8-6-4-2/h18,20-22,65H,3-17,19,23-64,68H2,1-2H3,(H,71,72)/b20-18-,22-21-. The molecule has 10 heteroatoms. The Labute approximate surface area is 478 Å². The zero-order valence-electron chi connectivity index (χ0n) is 51.2. The molecular weight excluding hydrogens is 978 g/mol. The van der Waals surface area contributed by atoms with Crippen molar-refractivity contribution in [3.63, 3.8) is 0 Å². The minimum absolute atomic E-state index is 0.0556. The molecule has 0 saturated heterocycles. The van der Waals surface area contributed by atoms with E-state index in [1.165, 1.54) is 295 Å². The first kappa shape index (κ1) is 75.5. The summed E-state index contributed by atoms with van der Waals surface area (Å²) in [5, 5.41) is 0. The van der Waals surface area contributed by atoms with Crippen LogP contribution in [0.2, 0.25) is 0 Å². The van der Waals surface area contributed by atoms with Crippen molar-refractivity contribution in [2.75, 3.05) is 26.4 Å². The van der Waals surface area contributed by atoms with Crippen LogP contribution >= 0.6 is 7.82 Å². The van der Waals surface area contributed by atoms with Crippen molar-refractivity contribution in [1.29, 1.82) is 0 Å². The number of esters is 2. The van der Waals surface area contributed by atoms with Gasteiger partial charge in [-0.25, -0.2) is 4.57 Å². The summed E-state index contributed by atoms with van der Waals surface area (Å²) in [5.41, 5.74) is 5.39. The van der Waals surface area contributed by atoms with Crippen molar-refractivity contribution in [2.24, 2.45) is 5.73 Å². The predicted molar refractivity (Wildman–Crippen MR) is 331 cm³/mol. The van der Waals surface area contributed by atoms with Crippen LogP contribution in [-0.4, -0.2) is 49.3 Å². The lowest BCUT2D eigenvalue weighted by Crippen LogP contribution is -2.29. The van der Waals surface area contributed by atoms with Gasteiger partial charge >= 0.3 is 19.8 Å². The monoisotopic (exact) mass is 1110 g/mol. The average molecular weight is 1110 g/mol. The molecule has 9 nitrogen and oxygen atoms in total. The van der Waals surface area contributed by atoms with Crippen LogP contribution in [0.5, 0.6) is 0 Å². The number of hydrogen-bond donors (Lipinski definition) is 2. The van der Waals surface area contributed by atoms with Crippen LogP contribution in [0.4, 0.5) is 0 Å². The van der Waals surface area contributed by atoms with Gasteiger partial charge < -0.3 is 20.1 Å². The fourth-order valence-corrected chi connectivity index (χ4v) is 11.0. The SMILES string of the molecule is CCCCCCCC/C=C\CCCCCCCCCC(=O)OCC(COP(=O)(O)OCCN)OC(=O)CCCCCCCCCCCCCCCCCCCCCCCCCCCCC/C=C\CCCCCCCCCC. The Morgan fingerprint density at radius 1 is 0.377 bits per heavy atom. The fraction of sp³-hybridized carbons (Fsp3) is 0.910. The van der Waals surface area contributed by atoms with E-state index in [2.05, 4.69) is 38.2 Å². The van der Waals surface area contributed by atoms with Crippen LogP contribution in [0, 0.1) is 0 Å². The number of phosphoric ester groups is 1. The minimum Gasteiger partial charge on any atom is -0.462 e. The van der Waals surface area contributed by atoms with Gasteiger partial charge in [0.2, 0.25) is 0 Å². The van der Waals surface area contributed by atoms with Crippen LogP contribution < -0.4 is 5.73 Å². The summed E-state index contributed by atoms with van der Waals surface area (Å²) in [6, 6.07) is 0. The molecule has 77 heavy (non-hydrogen) atoms. The molecule has 0 amide bonds. The summed E-state index contributed by atoms with van der Waals surface area (Å²) in [4.78, 5) is 35.2. The van der Waals surface area contributed by atoms with Gasteiger partial charge in [-0.1, -0.05) is 308 Å². The Bertz CT molecular complexity index is 1310. The van der Waals surface area contributed by atoms with Gasteiger partial charge in [0.15, 0.2) is 6.10 Å². The highest BCUT2D eigenvalue weighted by Gasteiger charge is 2.26. The quantitative estimate of drug-likeness (QED) is 0.0264. The first-order valence-electron chi connectivity index (χ1n) is 33.8. The summed E-state index contributed by atoms with van der Waals surface area (Å²) in [6.45, 7) is 3.79. The third-order valence-electron chi connectivity index (χ3n) is 15.3. The lowest BCUT2D eigenvalue weighted by Gasteiger charge is -2.19. The molecule has 0 aromatic rings. The van der Waals surface area contributed by atoms with Crippen LogP contribution in [0.1, 0.15) is 361 Å². The second-order valence-electron chi connectivity index (χ2n) is 23.0. The summed E-state index contributed by atoms with van der Waals surface area (Å²) in [7, 11) is -4.39. The van der Waals surface area contributed by atoms with E-state index in [-0.39, 0.29) is 38.6 Å². The molecule has 0 fully saturated rings. The number of hydrogen-bond acceptors (Lipinski definition) is 8. The molecule has 0 saturated carbocycles. The molecule has 456 valence electrons. The highest BCUT2D eigenvalue weighted by atomic mass is 31.2. The van der Waals surface area contributed by atoms with Crippen LogP contribution in [-0.2, 0) is 32.7 Å². The number of ether oxygens (including phenoxy) is 2. The molecule has 0 spiro atoms. The van der Waals surface area contributed by atoms with Crippen molar-refractivity contribution < 1.29 is 37.6 Å². The maximum Gasteiger partial charge on any atom is 0.472 e. The Balaban J connectivity index is 3.74. The number of phosphoric acid groups is 1. The number of allylic oxidation sites excluding steroid dienone is 4. The molecule has 0 aliphatic rings. The Hall–Kier alpha value is -1.51. The van der Waals surface area contributed by atoms with Gasteiger partial charge in [0.1, 0.15) is 6.61 Å². The van der Waals surface area contributed by atoms with E-state index in [9.17, 15) is 19.0 Å². The Morgan fingerprint density at radius 2 is 0.636 bits per heavy atom. The number of carbonyl (C=O) groups is 2. The summed E-state index contributed by atoms with van der Waals surface area (Å²) in [6.07, 6.45) is 77.2. The molecule has 0 aromatic heterocycles. The molecule has 0 rings (SSSR count). The Kier molecular flexibility index (Phi) is 62.4. The van der Waals surface area contributed by atoms with Gasteiger partial charge in [0, 0.05) is 19.4 Å². The predicted octanol–water partition coefficient (Wildman–Crippen LogP) is 21.8. The summed E-state index contributed by atoms with van der Waals surface area (Å²) in [5.74, 6) is -0.813. The first-order valence-corrected chi connectivity index (χ1v) is 35.3. The molecule has 0 aliphatic carbocycles. The van der Waals surface area contributed by atoms with Crippen LogP contribution in [0.25, 0.3) is 0 Å². The zero-order chi connectivity index (χ0) is 55.9. The van der Waals surface area contributed by atoms with Gasteiger partial charge in [-0.2, -0.15) is 0 Å². The highest BCUT2D eigenvalue weighted by molar-refractivity contribution is 7.47. The number of rotatable bonds is 65. The zero-order valence-corrected chi connectivity index (χ0v) is 52.1. The van der Waals surface area contributed by atoms with E-state index in [4.69, 9.17) is 24.3 Å². The molecule has 0 radical (unpaired) electrons. The first-order chi connectivity index (χ1) is 37.8. The lowest BCUT2D eigenvalue weighted by molar-refractivity contribution is -0.161. The number of carbonyl (C=O) groups excluding carboxylic acids is 2. The normalized spacial score (nSPS) is 13.0. The molecule has 2 atom stereocenters. The van der Waals surface area contributed by atoms with Crippen LogP contribution in [0.15, 0.2) is 24.3 Å². The molecule has 0 aliphatic heterocycles. The molecule has 3 N–H and O–H groups in total. The maximum absolute atomic E-state index is 12.7. The van der Waals surface area contributed by atoms with Crippen molar-refractivity contribution in [3.05, 3.63) is 24.3 Å². The fourth-order valence-electron chi connectivity index (χ4n) is 10.3. The van der Waals surface area contributed by atoms with E-state index < -0.39 is 26.5 Å². The van der Waals surface area contributed by atoms with Gasteiger partial charge in [-0.3, -0.25) is 18.6 Å². The second kappa shape index (κ2) is 63.7. The molecule has 2 unspecified atom stereocenters. The molecule has 0 bridgehead atoms. The summed E-state index contributed by atoms with van der Waals surface area (Å²) < 4.78 is 33.1. The Morgan fingerprint density at radius 3 is 0.922 bits per heavy atom. The average Bonchev–Trinajstić information content (AvgIpc) is 3.42. The third kappa shape index (κ3) is 63.5. The van der Waals surface area contributed by atoms with Crippen molar-refractivity contribution >= 4 is 19.8 Å². The van der Waals surface area contributed by atoms with Gasteiger partial charge in [0.25, 0.3) is 0 Å². The molecule has 0 aromatic carbocycles. The third-order valence-corrected chi connectivity index (χ3v) is 16.3. The van der Waals surface area contributed by atoms with E-state index in [0.29, 0.717) is 6.42 Å². The van der Waals surface area contributed by atoms with E-state index in [0.717, 1.165) is 32.1 Å². The van der Waals surface area contributed by atoms with E-state index in [1.54, 1.807) is 0 Å². The molecule has 0 heterocycles. The summed E-state index contributed by atoms with van der Waals surface area (Å²) >= 11 is 0. The number of unbranched alkanes of at least 4 members (excludes halogenated alkanes) is 48. The largest absolute Gasteiger partial charge is 0.472 e. The van der Waals surface area contributed by atoms with Crippen molar-refractivity contribution in [1.82, 2.24) is 0 Å². The molecular formula is C67H130NO8P. The van der Waals surface area contributed by atoms with Crippen molar-refractivity contribution in [2.45, 2.75) is 367 Å². The highest BCUT2D eigenvalue weighted by Crippen LogP contribution is 2.43. The maximum atomic E-state index is 12.7.